The Balaban J connectivity index is -0.0000000800. The maximum Gasteiger partial charge on any atom is 0.386 e. The summed E-state index contributed by atoms with van der Waals surface area (Å²) in [7, 11) is 0. The van der Waals surface area contributed by atoms with Gasteiger partial charge in [-0.25, -0.2) is 0 Å². The predicted molar refractivity (Wildman–Crippen MR) is 25.7 cm³/mol. The zero-order chi connectivity index (χ0) is 4.50. The molecule has 0 aliphatic heterocycles. The fourth-order valence-electron chi connectivity index (χ4n) is 0. The molecule has 4 heteroatoms. The van der Waals surface area contributed by atoms with Gasteiger partial charge >= 0.3 is 6.18 Å². The first kappa shape index (κ1) is 15.7. The Morgan fingerprint density at radius 3 is 1.14 bits per heavy atom. The minimum atomic E-state index is -4.00. The Bertz CT molecular complexity index is 25.7. The van der Waals surface area contributed by atoms with Crippen LogP contribution in [0.2, 0.25) is 0 Å². The van der Waals surface area contributed by atoms with Crippen molar-refractivity contribution in [3.63, 3.8) is 0 Å². The van der Waals surface area contributed by atoms with Crippen LogP contribution in [0.4, 0.5) is 13.2 Å². The van der Waals surface area contributed by atoms with Gasteiger partial charge in [0.1, 0.15) is 0 Å². The van der Waals surface area contributed by atoms with Gasteiger partial charge in [-0.1, -0.05) is 7.43 Å². The van der Waals surface area contributed by atoms with E-state index in [1.54, 1.807) is 0 Å². The molecule has 0 fully saturated rings. The summed E-state index contributed by atoms with van der Waals surface area (Å²) in [4.78, 5) is 0. The Labute approximate surface area is 47.1 Å². The second-order valence-corrected chi connectivity index (χ2v) is 0.781. The molecule has 0 aromatic rings. The van der Waals surface area contributed by atoms with Crippen molar-refractivity contribution in [2.45, 2.75) is 20.5 Å². The summed E-state index contributed by atoms with van der Waals surface area (Å²) in [5, 5.41) is 0. The largest absolute Gasteiger partial charge is 0.386 e. The molecule has 0 aromatic heterocycles. The Morgan fingerprint density at radius 1 is 1.14 bits per heavy atom. The zero-order valence-electron chi connectivity index (χ0n) is 3.04. The first-order valence-electron chi connectivity index (χ1n) is 1.07. The first-order valence-corrected chi connectivity index (χ1v) is 1.07. The van der Waals surface area contributed by atoms with Crippen molar-refractivity contribution in [2.75, 3.05) is 0 Å². The molecule has 0 amide bonds. The van der Waals surface area contributed by atoms with Crippen LogP contribution in [0.5, 0.6) is 0 Å². The molecule has 0 N–H and O–H groups in total. The van der Waals surface area contributed by atoms with Crippen molar-refractivity contribution in [3.05, 3.63) is 0 Å². The Hall–Kier alpha value is 0.0800. The first-order chi connectivity index (χ1) is 2.00. The van der Waals surface area contributed by atoms with Gasteiger partial charge in [-0.05, 0) is 0 Å². The lowest BCUT2D eigenvalue weighted by molar-refractivity contribution is -0.110. The van der Waals surface area contributed by atoms with Gasteiger partial charge in [-0.15, -0.1) is 12.4 Å². The summed E-state index contributed by atoms with van der Waals surface area (Å²) < 4.78 is 31.1. The molecule has 0 aliphatic carbocycles. The molecule has 0 saturated heterocycles. The Kier molecular flexibility index (Phi) is 9.53. The minimum absolute atomic E-state index is 0. The van der Waals surface area contributed by atoms with Crippen LogP contribution < -0.4 is 0 Å². The second kappa shape index (κ2) is 4.24. The van der Waals surface area contributed by atoms with Gasteiger partial charge in [-0.3, -0.25) is 0 Å². The van der Waals surface area contributed by atoms with E-state index in [1.165, 1.54) is 0 Å². The van der Waals surface area contributed by atoms with E-state index in [-0.39, 0.29) is 26.8 Å². The minimum Gasteiger partial charge on any atom is -0.172 e. The molecule has 0 atom stereocenters. The zero-order valence-corrected chi connectivity index (χ0v) is 3.86. The number of halogens is 4. The van der Waals surface area contributed by atoms with Crippen LogP contribution in [0.15, 0.2) is 0 Å². The lowest BCUT2D eigenvalue weighted by Crippen LogP contribution is -1.95. The number of rotatable bonds is 0. The molecular formula is C3H8ClF3. The van der Waals surface area contributed by atoms with E-state index >= 15 is 0 Å². The standard InChI is InChI=1S/C2H3F3.CH4.ClH/c1-2(3,4)5;;/h1H3;1H4;1H. The van der Waals surface area contributed by atoms with Gasteiger partial charge in [0.05, 0.1) is 0 Å². The number of hydrogen-bond acceptors (Lipinski definition) is 0. The summed E-state index contributed by atoms with van der Waals surface area (Å²) in [5.74, 6) is 0. The third-order valence-electron chi connectivity index (χ3n) is 0. The van der Waals surface area contributed by atoms with Crippen molar-refractivity contribution in [3.8, 4) is 0 Å². The van der Waals surface area contributed by atoms with E-state index in [9.17, 15) is 13.2 Å². The highest BCUT2D eigenvalue weighted by molar-refractivity contribution is 5.85. The van der Waals surface area contributed by atoms with Gasteiger partial charge in [0, 0.05) is 6.92 Å². The summed E-state index contributed by atoms with van der Waals surface area (Å²) in [6.45, 7) is 0.188. The van der Waals surface area contributed by atoms with E-state index in [4.69, 9.17) is 0 Å². The molecule has 0 spiro atoms. The van der Waals surface area contributed by atoms with Crippen molar-refractivity contribution >= 4 is 12.4 Å². The molecule has 48 valence electrons. The molecular weight excluding hydrogens is 128 g/mol. The molecule has 0 heterocycles. The topological polar surface area (TPSA) is 0 Å². The van der Waals surface area contributed by atoms with Crippen LogP contribution in [-0.4, -0.2) is 6.18 Å². The monoisotopic (exact) mass is 136 g/mol. The van der Waals surface area contributed by atoms with Crippen molar-refractivity contribution in [2.24, 2.45) is 0 Å². The molecule has 0 radical (unpaired) electrons. The van der Waals surface area contributed by atoms with E-state index in [0.717, 1.165) is 0 Å². The molecule has 0 aliphatic rings. The summed E-state index contributed by atoms with van der Waals surface area (Å²) in [6, 6.07) is 0. The third-order valence-corrected chi connectivity index (χ3v) is 0. The number of hydrogen-bond donors (Lipinski definition) is 0. The highest BCUT2D eigenvalue weighted by Gasteiger charge is 2.15. The van der Waals surface area contributed by atoms with Gasteiger partial charge in [0.25, 0.3) is 0 Å². The van der Waals surface area contributed by atoms with Gasteiger partial charge in [-0.2, -0.15) is 13.2 Å². The predicted octanol–water partition coefficient (Wildman–Crippen LogP) is 2.63. The summed E-state index contributed by atoms with van der Waals surface area (Å²) in [5.41, 5.74) is 0. The molecule has 0 unspecified atom stereocenters. The van der Waals surface area contributed by atoms with Gasteiger partial charge in [0.2, 0.25) is 0 Å². The second-order valence-electron chi connectivity index (χ2n) is 0.781. The lowest BCUT2D eigenvalue weighted by Gasteiger charge is -1.88. The molecule has 0 nitrogen and oxygen atoms in total. The molecule has 0 aromatic carbocycles. The smallest absolute Gasteiger partial charge is 0.172 e. The summed E-state index contributed by atoms with van der Waals surface area (Å²) >= 11 is 0. The molecule has 0 rings (SSSR count). The molecule has 0 bridgehead atoms. The van der Waals surface area contributed by atoms with Crippen LogP contribution in [0.1, 0.15) is 14.4 Å². The third kappa shape index (κ3) is 15800. The van der Waals surface area contributed by atoms with Crippen LogP contribution in [0.25, 0.3) is 0 Å². The molecule has 7 heavy (non-hydrogen) atoms. The molecule has 0 saturated carbocycles. The van der Waals surface area contributed by atoms with Crippen LogP contribution in [0, 0.1) is 0 Å². The maximum atomic E-state index is 10.4. The highest BCUT2D eigenvalue weighted by Crippen LogP contribution is 2.10. The van der Waals surface area contributed by atoms with Crippen LogP contribution >= 0.6 is 12.4 Å². The van der Waals surface area contributed by atoms with E-state index < -0.39 is 6.18 Å². The average molecular weight is 137 g/mol. The SMILES string of the molecule is C.CC(F)(F)F.Cl. The van der Waals surface area contributed by atoms with Gasteiger partial charge in [0.15, 0.2) is 0 Å². The van der Waals surface area contributed by atoms with Crippen LogP contribution in [0.3, 0.4) is 0 Å². The normalized spacial score (nSPS) is 8.57. The van der Waals surface area contributed by atoms with E-state index in [0.29, 0.717) is 0 Å². The van der Waals surface area contributed by atoms with Crippen molar-refractivity contribution in [1.29, 1.82) is 0 Å². The maximum absolute atomic E-state index is 10.4. The van der Waals surface area contributed by atoms with Gasteiger partial charge < -0.3 is 0 Å². The van der Waals surface area contributed by atoms with E-state index in [1.807, 2.05) is 0 Å². The van der Waals surface area contributed by atoms with E-state index in [2.05, 4.69) is 0 Å². The lowest BCUT2D eigenvalue weighted by atomic mass is 10.8. The van der Waals surface area contributed by atoms with Crippen molar-refractivity contribution < 1.29 is 13.2 Å². The summed E-state index contributed by atoms with van der Waals surface area (Å²) in [6.07, 6.45) is -4.00. The average Bonchev–Trinajstić information content (AvgIpc) is 0.722. The fourth-order valence-corrected chi connectivity index (χ4v) is 0. The Morgan fingerprint density at radius 2 is 1.14 bits per heavy atom. The van der Waals surface area contributed by atoms with Crippen molar-refractivity contribution in [1.82, 2.24) is 0 Å². The highest BCUT2D eigenvalue weighted by atomic mass is 35.5. The fraction of sp³-hybridized carbons (Fsp3) is 1.00. The van der Waals surface area contributed by atoms with Crippen LogP contribution in [-0.2, 0) is 0 Å². The quantitative estimate of drug-likeness (QED) is 0.480. The number of alkyl halides is 3.